The minimum atomic E-state index is -0.139. The van der Waals surface area contributed by atoms with Crippen LogP contribution < -0.4 is 0 Å². The Bertz CT molecular complexity index is 472. The van der Waals surface area contributed by atoms with Gasteiger partial charge in [0.05, 0.1) is 0 Å². The molecule has 0 atom stereocenters. The molecule has 2 aromatic rings. The van der Waals surface area contributed by atoms with Gasteiger partial charge in [-0.25, -0.2) is 4.39 Å². The first-order valence-corrected chi connectivity index (χ1v) is 5.31. The Morgan fingerprint density at radius 1 is 0.875 bits per heavy atom. The van der Waals surface area contributed by atoms with Crippen molar-refractivity contribution in [1.82, 2.24) is 0 Å². The van der Waals surface area contributed by atoms with Crippen molar-refractivity contribution >= 4 is 6.08 Å². The molecule has 0 fully saturated rings. The zero-order chi connectivity index (χ0) is 11.2. The van der Waals surface area contributed by atoms with Gasteiger partial charge < -0.3 is 0 Å². The average Bonchev–Trinajstić information content (AvgIpc) is 2.33. The predicted octanol–water partition coefficient (Wildman–Crippen LogP) is 4.08. The van der Waals surface area contributed by atoms with Gasteiger partial charge in [-0.05, 0) is 23.6 Å². The monoisotopic (exact) mass is 212 g/mol. The number of hydrogen-bond donors (Lipinski definition) is 0. The molecule has 1 heteroatoms. The van der Waals surface area contributed by atoms with Gasteiger partial charge in [-0.3, -0.25) is 0 Å². The molecule has 0 nitrogen and oxygen atoms in total. The van der Waals surface area contributed by atoms with Crippen LogP contribution in [0, 0.1) is 5.82 Å². The second-order valence-electron chi connectivity index (χ2n) is 3.61. The molecule has 0 radical (unpaired) electrons. The molecule has 0 bridgehead atoms. The fourth-order valence-electron chi connectivity index (χ4n) is 1.55. The number of allylic oxidation sites excluding steroid dienone is 1. The van der Waals surface area contributed by atoms with Crippen LogP contribution in [0.2, 0.25) is 0 Å². The van der Waals surface area contributed by atoms with Crippen LogP contribution in [-0.4, -0.2) is 0 Å². The zero-order valence-corrected chi connectivity index (χ0v) is 8.94. The normalized spacial score (nSPS) is 10.8. The van der Waals surface area contributed by atoms with Crippen molar-refractivity contribution in [3.63, 3.8) is 0 Å². The van der Waals surface area contributed by atoms with Crippen molar-refractivity contribution < 1.29 is 4.39 Å². The number of hydrogen-bond acceptors (Lipinski definition) is 0. The minimum Gasteiger partial charge on any atom is -0.207 e. The van der Waals surface area contributed by atoms with Crippen molar-refractivity contribution in [3.8, 4) is 0 Å². The lowest BCUT2D eigenvalue weighted by Crippen LogP contribution is -1.86. The Morgan fingerprint density at radius 2 is 1.56 bits per heavy atom. The fourth-order valence-corrected chi connectivity index (χ4v) is 1.55. The largest absolute Gasteiger partial charge is 0.207 e. The lowest BCUT2D eigenvalue weighted by molar-refractivity contribution is 0.615. The Hall–Kier alpha value is -1.89. The number of rotatable bonds is 3. The third-order valence-electron chi connectivity index (χ3n) is 2.41. The maximum Gasteiger partial charge on any atom is 0.126 e. The summed E-state index contributed by atoms with van der Waals surface area (Å²) < 4.78 is 13.3. The van der Waals surface area contributed by atoms with E-state index in [1.165, 1.54) is 6.07 Å². The molecule has 0 aromatic heterocycles. The van der Waals surface area contributed by atoms with Crippen LogP contribution in [-0.2, 0) is 6.42 Å². The van der Waals surface area contributed by atoms with E-state index in [4.69, 9.17) is 0 Å². The summed E-state index contributed by atoms with van der Waals surface area (Å²) in [4.78, 5) is 0. The van der Waals surface area contributed by atoms with Crippen LogP contribution in [0.15, 0.2) is 60.7 Å². The maximum atomic E-state index is 13.3. The summed E-state index contributed by atoms with van der Waals surface area (Å²) in [6.07, 6.45) is 4.61. The molecule has 2 rings (SSSR count). The highest BCUT2D eigenvalue weighted by Gasteiger charge is 1.96. The van der Waals surface area contributed by atoms with E-state index in [2.05, 4.69) is 0 Å². The molecule has 0 unspecified atom stereocenters. The van der Waals surface area contributed by atoms with E-state index < -0.39 is 0 Å². The van der Waals surface area contributed by atoms with Crippen LogP contribution >= 0.6 is 0 Å². The molecule has 0 aliphatic carbocycles. The first kappa shape index (κ1) is 10.6. The van der Waals surface area contributed by atoms with Crippen LogP contribution in [0.5, 0.6) is 0 Å². The smallest absolute Gasteiger partial charge is 0.126 e. The molecule has 0 N–H and O–H groups in total. The van der Waals surface area contributed by atoms with E-state index >= 15 is 0 Å². The highest BCUT2D eigenvalue weighted by molar-refractivity contribution is 5.49. The molecule has 0 amide bonds. The SMILES string of the molecule is Fc1ccccc1CC=Cc1ccccc1. The van der Waals surface area contributed by atoms with Gasteiger partial charge in [0.25, 0.3) is 0 Å². The van der Waals surface area contributed by atoms with Gasteiger partial charge in [-0.15, -0.1) is 0 Å². The van der Waals surface area contributed by atoms with Gasteiger partial charge in [0.15, 0.2) is 0 Å². The molecule has 0 saturated carbocycles. The van der Waals surface area contributed by atoms with Crippen molar-refractivity contribution in [2.45, 2.75) is 6.42 Å². The second-order valence-corrected chi connectivity index (χ2v) is 3.61. The predicted molar refractivity (Wildman–Crippen MR) is 65.6 cm³/mol. The molecule has 0 aliphatic heterocycles. The van der Waals surface area contributed by atoms with Crippen molar-refractivity contribution in [1.29, 1.82) is 0 Å². The molecule has 0 spiro atoms. The molecule has 0 aliphatic rings. The Morgan fingerprint density at radius 3 is 2.31 bits per heavy atom. The van der Waals surface area contributed by atoms with Gasteiger partial charge in [0.2, 0.25) is 0 Å². The Balaban J connectivity index is 2.03. The zero-order valence-electron chi connectivity index (χ0n) is 8.94. The van der Waals surface area contributed by atoms with Gasteiger partial charge in [0.1, 0.15) is 5.82 Å². The first-order chi connectivity index (χ1) is 7.86. The van der Waals surface area contributed by atoms with Crippen LogP contribution in [0.4, 0.5) is 4.39 Å². The summed E-state index contributed by atoms with van der Waals surface area (Å²) in [6, 6.07) is 16.9. The van der Waals surface area contributed by atoms with Gasteiger partial charge in [-0.1, -0.05) is 60.7 Å². The summed E-state index contributed by atoms with van der Waals surface area (Å²) in [5, 5.41) is 0. The van der Waals surface area contributed by atoms with E-state index in [1.807, 2.05) is 54.6 Å². The van der Waals surface area contributed by atoms with Gasteiger partial charge in [-0.2, -0.15) is 0 Å². The maximum absolute atomic E-state index is 13.3. The standard InChI is InChI=1S/C15H13F/c16-15-12-5-4-10-14(15)11-6-9-13-7-2-1-3-8-13/h1-10,12H,11H2. The van der Waals surface area contributed by atoms with Crippen LogP contribution in [0.25, 0.3) is 6.08 Å². The van der Waals surface area contributed by atoms with Gasteiger partial charge >= 0.3 is 0 Å². The summed E-state index contributed by atoms with van der Waals surface area (Å²) in [6.45, 7) is 0. The van der Waals surface area contributed by atoms with E-state index in [-0.39, 0.29) is 5.82 Å². The van der Waals surface area contributed by atoms with Crippen molar-refractivity contribution in [2.75, 3.05) is 0 Å². The fraction of sp³-hybridized carbons (Fsp3) is 0.0667. The third kappa shape index (κ3) is 2.80. The molecular formula is C15H13F. The Labute approximate surface area is 95.1 Å². The Kier molecular flexibility index (Phi) is 3.50. The number of benzene rings is 2. The number of halogens is 1. The van der Waals surface area contributed by atoms with E-state index in [9.17, 15) is 4.39 Å². The topological polar surface area (TPSA) is 0 Å². The molecule has 0 heterocycles. The van der Waals surface area contributed by atoms with Gasteiger partial charge in [0, 0.05) is 0 Å². The van der Waals surface area contributed by atoms with Crippen molar-refractivity contribution in [3.05, 3.63) is 77.6 Å². The highest BCUT2D eigenvalue weighted by Crippen LogP contribution is 2.09. The first-order valence-electron chi connectivity index (χ1n) is 5.31. The molecule has 2 aromatic carbocycles. The van der Waals surface area contributed by atoms with E-state index in [0.717, 1.165) is 11.1 Å². The highest BCUT2D eigenvalue weighted by atomic mass is 19.1. The average molecular weight is 212 g/mol. The quantitative estimate of drug-likeness (QED) is 0.719. The summed E-state index contributed by atoms with van der Waals surface area (Å²) >= 11 is 0. The van der Waals surface area contributed by atoms with Crippen LogP contribution in [0.3, 0.4) is 0 Å². The molecule has 80 valence electrons. The lowest BCUT2D eigenvalue weighted by Gasteiger charge is -1.97. The van der Waals surface area contributed by atoms with E-state index in [1.54, 1.807) is 6.07 Å². The summed E-state index contributed by atoms with van der Waals surface area (Å²) in [5.74, 6) is -0.139. The summed E-state index contributed by atoms with van der Waals surface area (Å²) in [7, 11) is 0. The summed E-state index contributed by atoms with van der Waals surface area (Å²) in [5.41, 5.74) is 1.87. The van der Waals surface area contributed by atoms with Crippen LogP contribution in [0.1, 0.15) is 11.1 Å². The van der Waals surface area contributed by atoms with Crippen molar-refractivity contribution in [2.24, 2.45) is 0 Å². The molecule has 0 saturated heterocycles. The van der Waals surface area contributed by atoms with E-state index in [0.29, 0.717) is 6.42 Å². The minimum absolute atomic E-state index is 0.139. The second kappa shape index (κ2) is 5.26. The molecule has 16 heavy (non-hydrogen) atoms. The molecular weight excluding hydrogens is 199 g/mol. The third-order valence-corrected chi connectivity index (χ3v) is 2.41. The lowest BCUT2D eigenvalue weighted by atomic mass is 10.1.